The Bertz CT molecular complexity index is 751. The standard InChI is InChI=1S/C19H21ClN2O3/c1-21(2)19(23)18-13-22(15-8-4-6-10-17(15)25-18)11-12-24-16-9-5-3-7-14(16)20/h3-10,18H,11-13H2,1-2H3/t18-/m0/s1. The summed E-state index contributed by atoms with van der Waals surface area (Å²) >= 11 is 6.12. The topological polar surface area (TPSA) is 42.0 Å². The summed E-state index contributed by atoms with van der Waals surface area (Å²) in [6.45, 7) is 1.57. The monoisotopic (exact) mass is 360 g/mol. The number of hydrogen-bond donors (Lipinski definition) is 0. The van der Waals surface area contributed by atoms with E-state index in [1.807, 2.05) is 42.5 Å². The molecule has 1 aliphatic heterocycles. The molecule has 0 saturated carbocycles. The largest absolute Gasteiger partial charge is 0.490 e. The Morgan fingerprint density at radius 3 is 2.72 bits per heavy atom. The zero-order valence-corrected chi connectivity index (χ0v) is 15.1. The number of nitrogens with zero attached hydrogens (tertiary/aromatic N) is 2. The van der Waals surface area contributed by atoms with Crippen molar-refractivity contribution >= 4 is 23.2 Å². The number of amides is 1. The maximum Gasteiger partial charge on any atom is 0.265 e. The van der Waals surface area contributed by atoms with E-state index in [4.69, 9.17) is 21.1 Å². The Kier molecular flexibility index (Phi) is 5.34. The number of benzene rings is 2. The van der Waals surface area contributed by atoms with Gasteiger partial charge < -0.3 is 19.3 Å². The van der Waals surface area contributed by atoms with Crippen molar-refractivity contribution in [2.75, 3.05) is 38.7 Å². The number of anilines is 1. The van der Waals surface area contributed by atoms with E-state index in [9.17, 15) is 4.79 Å². The molecule has 1 aliphatic rings. The molecule has 2 aromatic carbocycles. The number of hydrogen-bond acceptors (Lipinski definition) is 4. The minimum Gasteiger partial charge on any atom is -0.490 e. The molecule has 0 aliphatic carbocycles. The van der Waals surface area contributed by atoms with E-state index in [1.54, 1.807) is 25.1 Å². The number of halogens is 1. The number of fused-ring (bicyclic) bond motifs is 1. The van der Waals surface area contributed by atoms with Crippen LogP contribution in [0.15, 0.2) is 48.5 Å². The van der Waals surface area contributed by atoms with Crippen LogP contribution in [0, 0.1) is 0 Å². The zero-order valence-electron chi connectivity index (χ0n) is 14.3. The second kappa shape index (κ2) is 7.66. The summed E-state index contributed by atoms with van der Waals surface area (Å²) in [5.74, 6) is 1.32. The van der Waals surface area contributed by atoms with Crippen molar-refractivity contribution in [2.24, 2.45) is 0 Å². The van der Waals surface area contributed by atoms with E-state index in [2.05, 4.69) is 4.90 Å². The third-order valence-electron chi connectivity index (χ3n) is 4.03. The van der Waals surface area contributed by atoms with Crippen molar-refractivity contribution in [3.8, 4) is 11.5 Å². The number of carbonyl (C=O) groups is 1. The van der Waals surface area contributed by atoms with Crippen molar-refractivity contribution in [1.82, 2.24) is 4.90 Å². The van der Waals surface area contributed by atoms with Gasteiger partial charge in [0.05, 0.1) is 23.8 Å². The molecule has 5 nitrogen and oxygen atoms in total. The first-order valence-corrected chi connectivity index (χ1v) is 8.53. The molecule has 6 heteroatoms. The van der Waals surface area contributed by atoms with Gasteiger partial charge in [-0.25, -0.2) is 0 Å². The lowest BCUT2D eigenvalue weighted by atomic mass is 10.1. The summed E-state index contributed by atoms with van der Waals surface area (Å²) in [6.07, 6.45) is -0.523. The summed E-state index contributed by atoms with van der Waals surface area (Å²) in [5.41, 5.74) is 0.966. The van der Waals surface area contributed by atoms with Gasteiger partial charge in [-0.3, -0.25) is 4.79 Å². The van der Waals surface area contributed by atoms with E-state index < -0.39 is 6.10 Å². The molecule has 25 heavy (non-hydrogen) atoms. The molecule has 0 fully saturated rings. The van der Waals surface area contributed by atoms with Gasteiger partial charge in [-0.2, -0.15) is 0 Å². The van der Waals surface area contributed by atoms with E-state index in [0.717, 1.165) is 5.69 Å². The van der Waals surface area contributed by atoms with Gasteiger partial charge in [0.1, 0.15) is 18.1 Å². The number of ether oxygens (including phenoxy) is 2. The highest BCUT2D eigenvalue weighted by atomic mass is 35.5. The highest BCUT2D eigenvalue weighted by Crippen LogP contribution is 2.33. The van der Waals surface area contributed by atoms with Crippen molar-refractivity contribution < 1.29 is 14.3 Å². The van der Waals surface area contributed by atoms with Crippen LogP contribution < -0.4 is 14.4 Å². The van der Waals surface area contributed by atoms with Crippen LogP contribution in [0.2, 0.25) is 5.02 Å². The second-order valence-corrected chi connectivity index (χ2v) is 6.44. The highest BCUT2D eigenvalue weighted by Gasteiger charge is 2.31. The number of para-hydroxylation sites is 3. The third kappa shape index (κ3) is 3.99. The molecule has 0 aromatic heterocycles. The molecule has 0 unspecified atom stereocenters. The van der Waals surface area contributed by atoms with E-state index in [-0.39, 0.29) is 5.91 Å². The van der Waals surface area contributed by atoms with Gasteiger partial charge in [0.2, 0.25) is 0 Å². The van der Waals surface area contributed by atoms with E-state index in [0.29, 0.717) is 36.2 Å². The Labute approximate surface area is 152 Å². The molecule has 1 amide bonds. The fraction of sp³-hybridized carbons (Fsp3) is 0.316. The van der Waals surface area contributed by atoms with Gasteiger partial charge in [0, 0.05) is 14.1 Å². The van der Waals surface area contributed by atoms with E-state index >= 15 is 0 Å². The average Bonchev–Trinajstić information content (AvgIpc) is 2.62. The van der Waals surface area contributed by atoms with E-state index in [1.165, 1.54) is 0 Å². The maximum atomic E-state index is 12.3. The molecule has 1 heterocycles. The number of rotatable bonds is 5. The first-order valence-electron chi connectivity index (χ1n) is 8.15. The summed E-state index contributed by atoms with van der Waals surface area (Å²) in [6, 6.07) is 15.1. The van der Waals surface area contributed by atoms with Crippen molar-refractivity contribution in [3.63, 3.8) is 0 Å². The van der Waals surface area contributed by atoms with Gasteiger partial charge in [-0.1, -0.05) is 35.9 Å². The van der Waals surface area contributed by atoms with Crippen LogP contribution in [0.5, 0.6) is 11.5 Å². The zero-order chi connectivity index (χ0) is 17.8. The van der Waals surface area contributed by atoms with Crippen LogP contribution >= 0.6 is 11.6 Å². The Balaban J connectivity index is 1.70. The molecule has 3 rings (SSSR count). The molecule has 0 saturated heterocycles. The predicted molar refractivity (Wildman–Crippen MR) is 98.7 cm³/mol. The van der Waals surface area contributed by atoms with Gasteiger partial charge in [-0.15, -0.1) is 0 Å². The number of carbonyl (C=O) groups excluding carboxylic acids is 1. The minimum absolute atomic E-state index is 0.0495. The second-order valence-electron chi connectivity index (χ2n) is 6.03. The quantitative estimate of drug-likeness (QED) is 0.821. The van der Waals surface area contributed by atoms with Crippen LogP contribution in [0.3, 0.4) is 0 Å². The first-order chi connectivity index (χ1) is 12.1. The molecular weight excluding hydrogens is 340 g/mol. The normalized spacial score (nSPS) is 16.0. The predicted octanol–water partition coefficient (Wildman–Crippen LogP) is 3.07. The Morgan fingerprint density at radius 2 is 1.96 bits per heavy atom. The Morgan fingerprint density at radius 1 is 1.24 bits per heavy atom. The average molecular weight is 361 g/mol. The Hall–Kier alpha value is -2.40. The highest BCUT2D eigenvalue weighted by molar-refractivity contribution is 6.32. The summed E-state index contributed by atoms with van der Waals surface area (Å²) in [7, 11) is 3.47. The van der Waals surface area contributed by atoms with Crippen LogP contribution in [0.25, 0.3) is 0 Å². The van der Waals surface area contributed by atoms with Crippen LogP contribution in [0.4, 0.5) is 5.69 Å². The maximum absolute atomic E-state index is 12.3. The van der Waals surface area contributed by atoms with Crippen molar-refractivity contribution in [1.29, 1.82) is 0 Å². The first kappa shape index (κ1) is 17.4. The third-order valence-corrected chi connectivity index (χ3v) is 4.35. The summed E-state index contributed by atoms with van der Waals surface area (Å²) < 4.78 is 11.7. The fourth-order valence-electron chi connectivity index (χ4n) is 2.76. The summed E-state index contributed by atoms with van der Waals surface area (Å²) in [5, 5.41) is 0.588. The molecule has 0 radical (unpaired) electrons. The van der Waals surface area contributed by atoms with Crippen molar-refractivity contribution in [3.05, 3.63) is 53.6 Å². The molecule has 0 N–H and O–H groups in total. The minimum atomic E-state index is -0.523. The van der Waals surface area contributed by atoms with Crippen molar-refractivity contribution in [2.45, 2.75) is 6.10 Å². The lowest BCUT2D eigenvalue weighted by Gasteiger charge is -2.36. The lowest BCUT2D eigenvalue weighted by Crippen LogP contribution is -2.49. The van der Waals surface area contributed by atoms with Crippen LogP contribution in [-0.4, -0.2) is 50.7 Å². The molecule has 0 bridgehead atoms. The fourth-order valence-corrected chi connectivity index (χ4v) is 2.95. The molecule has 132 valence electrons. The van der Waals surface area contributed by atoms with Crippen LogP contribution in [-0.2, 0) is 4.79 Å². The van der Waals surface area contributed by atoms with Gasteiger partial charge in [0.15, 0.2) is 6.10 Å². The van der Waals surface area contributed by atoms with Gasteiger partial charge in [-0.05, 0) is 24.3 Å². The number of likely N-dealkylation sites (N-methyl/N-ethyl adjacent to an activating group) is 1. The molecule has 1 atom stereocenters. The summed E-state index contributed by atoms with van der Waals surface area (Å²) in [4.78, 5) is 16.0. The lowest BCUT2D eigenvalue weighted by molar-refractivity contribution is -0.136. The molecule has 2 aromatic rings. The molecular formula is C19H21ClN2O3. The van der Waals surface area contributed by atoms with Gasteiger partial charge >= 0.3 is 0 Å². The van der Waals surface area contributed by atoms with Gasteiger partial charge in [0.25, 0.3) is 5.91 Å². The smallest absolute Gasteiger partial charge is 0.265 e. The SMILES string of the molecule is CN(C)C(=O)[C@@H]1CN(CCOc2ccccc2Cl)c2ccccc2O1. The molecule has 0 spiro atoms. The van der Waals surface area contributed by atoms with Crippen LogP contribution in [0.1, 0.15) is 0 Å².